The van der Waals surface area contributed by atoms with Crippen molar-refractivity contribution in [2.24, 2.45) is 0 Å². The minimum atomic E-state index is -1.69. The number of fused-ring (bicyclic) bond motifs is 1. The van der Waals surface area contributed by atoms with Crippen molar-refractivity contribution < 1.29 is 33.0 Å². The van der Waals surface area contributed by atoms with Gasteiger partial charge in [0, 0.05) is 19.1 Å². The molecule has 1 amide bonds. The molecule has 2 fully saturated rings. The van der Waals surface area contributed by atoms with Gasteiger partial charge < -0.3 is 29.4 Å². The summed E-state index contributed by atoms with van der Waals surface area (Å²) in [7, 11) is 0. The third kappa shape index (κ3) is 4.71. The molecule has 1 saturated heterocycles. The molecular weight excluding hydrogens is 440 g/mol. The highest BCUT2D eigenvalue weighted by Gasteiger charge is 2.33. The maximum Gasteiger partial charge on any atom is 0.511 e. The second-order valence-electron chi connectivity index (χ2n) is 9.32. The number of carbonyl (C=O) groups is 2. The van der Waals surface area contributed by atoms with Crippen molar-refractivity contribution in [1.29, 1.82) is 0 Å². The molecule has 1 aliphatic carbocycles. The average molecular weight is 465 g/mol. The molecule has 9 nitrogen and oxygen atoms in total. The summed E-state index contributed by atoms with van der Waals surface area (Å²) in [4.78, 5) is 37.1. The van der Waals surface area contributed by atoms with Gasteiger partial charge in [-0.2, -0.15) is 0 Å². The van der Waals surface area contributed by atoms with Gasteiger partial charge in [-0.15, -0.1) is 0 Å². The van der Waals surface area contributed by atoms with Crippen LogP contribution < -0.4 is 20.4 Å². The van der Waals surface area contributed by atoms with E-state index in [9.17, 15) is 14.4 Å². The maximum absolute atomic E-state index is 15.7. The van der Waals surface area contributed by atoms with Gasteiger partial charge in [0.05, 0.1) is 23.1 Å². The van der Waals surface area contributed by atoms with E-state index in [1.807, 2.05) is 0 Å². The third-order valence-corrected chi connectivity index (χ3v) is 5.51. The molecule has 33 heavy (non-hydrogen) atoms. The Hall–Kier alpha value is -3.37. The van der Waals surface area contributed by atoms with Crippen LogP contribution in [0.5, 0.6) is 5.75 Å². The van der Waals surface area contributed by atoms with E-state index in [0.717, 1.165) is 12.3 Å². The summed E-state index contributed by atoms with van der Waals surface area (Å²) in [6.45, 7) is 5.65. The minimum absolute atomic E-state index is 0.0970. The Morgan fingerprint density at radius 1 is 1.21 bits per heavy atom. The van der Waals surface area contributed by atoms with Crippen molar-refractivity contribution in [3.63, 3.8) is 0 Å². The lowest BCUT2D eigenvalue weighted by Gasteiger charge is -2.24. The van der Waals surface area contributed by atoms with Gasteiger partial charge in [-0.3, -0.25) is 4.79 Å². The molecule has 2 N–H and O–H groups in total. The van der Waals surface area contributed by atoms with Crippen LogP contribution in [0.3, 0.4) is 0 Å². The Kier molecular flexibility index (Phi) is 5.67. The molecule has 2 heterocycles. The standard InChI is InChI=1S/C22H25F2N3O6/c1-22(2,3)33-20(29)25-11-6-7-26(9-11)18-14(23)8-13-17(16(18)24)27(12-4-5-12)10-15(19(13)28)32-21(30)31/h8,10-12H,4-7,9H2,1-3H3,(H,25,29)(H,30,31)/t11-/m1/s1. The first-order valence-corrected chi connectivity index (χ1v) is 10.7. The molecule has 2 aliphatic rings. The number of benzene rings is 1. The predicted octanol–water partition coefficient (Wildman–Crippen LogP) is 3.77. The number of rotatable bonds is 4. The van der Waals surface area contributed by atoms with E-state index in [0.29, 0.717) is 19.3 Å². The van der Waals surface area contributed by atoms with Crippen LogP contribution in [0.4, 0.5) is 24.1 Å². The molecule has 1 saturated carbocycles. The first-order chi connectivity index (χ1) is 15.4. The fourth-order valence-corrected chi connectivity index (χ4v) is 4.06. The highest BCUT2D eigenvalue weighted by molar-refractivity contribution is 5.86. The summed E-state index contributed by atoms with van der Waals surface area (Å²) in [5, 5.41) is 11.3. The number of anilines is 1. The highest BCUT2D eigenvalue weighted by Crippen LogP contribution is 2.40. The molecule has 2 aromatic rings. The predicted molar refractivity (Wildman–Crippen MR) is 115 cm³/mol. The fourth-order valence-electron chi connectivity index (χ4n) is 4.06. The molecule has 0 unspecified atom stereocenters. The molecule has 178 valence electrons. The van der Waals surface area contributed by atoms with Crippen LogP contribution in [0.2, 0.25) is 0 Å². The van der Waals surface area contributed by atoms with Crippen LogP contribution in [0.15, 0.2) is 17.1 Å². The van der Waals surface area contributed by atoms with Gasteiger partial charge in [0.2, 0.25) is 5.43 Å². The van der Waals surface area contributed by atoms with Crippen LogP contribution in [-0.2, 0) is 4.74 Å². The molecule has 0 radical (unpaired) electrons. The number of pyridine rings is 1. The van der Waals surface area contributed by atoms with Crippen molar-refractivity contribution in [2.75, 3.05) is 18.0 Å². The number of ether oxygens (including phenoxy) is 2. The lowest BCUT2D eigenvalue weighted by atomic mass is 10.1. The normalized spacial score (nSPS) is 18.5. The Balaban J connectivity index is 1.68. The smallest absolute Gasteiger partial charge is 0.449 e. The van der Waals surface area contributed by atoms with Crippen molar-refractivity contribution in [3.8, 4) is 5.75 Å². The summed E-state index contributed by atoms with van der Waals surface area (Å²) in [6.07, 6.45) is 0.744. The number of alkyl carbamates (subject to hydrolysis) is 1. The van der Waals surface area contributed by atoms with E-state index in [4.69, 9.17) is 9.84 Å². The third-order valence-electron chi connectivity index (χ3n) is 5.51. The van der Waals surface area contributed by atoms with Gasteiger partial charge in [-0.25, -0.2) is 18.4 Å². The number of carbonyl (C=O) groups excluding carboxylic acids is 1. The van der Waals surface area contributed by atoms with E-state index in [1.54, 1.807) is 20.8 Å². The summed E-state index contributed by atoms with van der Waals surface area (Å²) in [6, 6.07) is 0.404. The number of carboxylic acid groups (broad SMARTS) is 1. The molecule has 0 spiro atoms. The second kappa shape index (κ2) is 8.20. The average Bonchev–Trinajstić information content (AvgIpc) is 3.43. The van der Waals surface area contributed by atoms with Gasteiger partial charge in [0.25, 0.3) is 0 Å². The number of halogens is 2. The first-order valence-electron chi connectivity index (χ1n) is 10.7. The zero-order valence-corrected chi connectivity index (χ0v) is 18.5. The molecule has 1 aromatic carbocycles. The van der Waals surface area contributed by atoms with E-state index < -0.39 is 40.7 Å². The van der Waals surface area contributed by atoms with Crippen LogP contribution in [0, 0.1) is 11.6 Å². The van der Waals surface area contributed by atoms with Gasteiger partial charge >= 0.3 is 12.2 Å². The number of amides is 1. The van der Waals surface area contributed by atoms with Crippen LogP contribution in [-0.4, -0.2) is 46.7 Å². The summed E-state index contributed by atoms with van der Waals surface area (Å²) in [5.41, 5.74) is -1.97. The Labute approximate surface area is 187 Å². The molecule has 11 heteroatoms. The second-order valence-corrected chi connectivity index (χ2v) is 9.32. The zero-order chi connectivity index (χ0) is 24.1. The van der Waals surface area contributed by atoms with Crippen molar-refractivity contribution in [2.45, 2.75) is 57.7 Å². The maximum atomic E-state index is 15.7. The fraction of sp³-hybridized carbons (Fsp3) is 0.500. The largest absolute Gasteiger partial charge is 0.511 e. The van der Waals surface area contributed by atoms with Gasteiger partial charge in [-0.05, 0) is 46.1 Å². The number of aromatic nitrogens is 1. The lowest BCUT2D eigenvalue weighted by Crippen LogP contribution is -2.40. The van der Waals surface area contributed by atoms with Gasteiger partial charge in [0.1, 0.15) is 17.1 Å². The number of nitrogens with one attached hydrogen (secondary N) is 1. The van der Waals surface area contributed by atoms with E-state index in [1.165, 1.54) is 9.47 Å². The summed E-state index contributed by atoms with van der Waals surface area (Å²) in [5.74, 6) is -2.37. The monoisotopic (exact) mass is 465 g/mol. The molecule has 0 bridgehead atoms. The van der Waals surface area contributed by atoms with Gasteiger partial charge in [0.15, 0.2) is 11.6 Å². The number of nitrogens with zero attached hydrogens (tertiary/aromatic N) is 2. The van der Waals surface area contributed by atoms with E-state index in [2.05, 4.69) is 10.1 Å². The van der Waals surface area contributed by atoms with Crippen molar-refractivity contribution in [1.82, 2.24) is 9.88 Å². The summed E-state index contributed by atoms with van der Waals surface area (Å²) < 4.78 is 42.0. The van der Waals surface area contributed by atoms with Crippen LogP contribution in [0.1, 0.15) is 46.1 Å². The van der Waals surface area contributed by atoms with E-state index >= 15 is 8.78 Å². The van der Waals surface area contributed by atoms with Crippen LogP contribution in [0.25, 0.3) is 10.9 Å². The Morgan fingerprint density at radius 2 is 1.91 bits per heavy atom. The van der Waals surface area contributed by atoms with Crippen molar-refractivity contribution in [3.05, 3.63) is 34.1 Å². The Morgan fingerprint density at radius 3 is 2.52 bits per heavy atom. The van der Waals surface area contributed by atoms with E-state index in [-0.39, 0.29) is 41.8 Å². The molecule has 4 rings (SSSR count). The Bertz CT molecular complexity index is 1190. The van der Waals surface area contributed by atoms with Crippen LogP contribution >= 0.6 is 0 Å². The number of hydrogen-bond acceptors (Lipinski definition) is 6. The molecule has 1 aliphatic heterocycles. The zero-order valence-electron chi connectivity index (χ0n) is 18.5. The lowest BCUT2D eigenvalue weighted by molar-refractivity contribution is 0.0509. The first kappa shape index (κ1) is 22.8. The quantitative estimate of drug-likeness (QED) is 0.662. The summed E-state index contributed by atoms with van der Waals surface area (Å²) >= 11 is 0. The van der Waals surface area contributed by atoms with Gasteiger partial charge in [-0.1, -0.05) is 0 Å². The molecule has 1 aromatic heterocycles. The topological polar surface area (TPSA) is 110 Å². The highest BCUT2D eigenvalue weighted by atomic mass is 19.1. The van der Waals surface area contributed by atoms with Crippen molar-refractivity contribution >= 4 is 28.8 Å². The number of hydrogen-bond donors (Lipinski definition) is 2. The minimum Gasteiger partial charge on any atom is -0.449 e. The molecular formula is C22H25F2N3O6. The SMILES string of the molecule is CC(C)(C)OC(=O)N[C@@H]1CCN(c2c(F)cc3c(=O)c(OC(=O)O)cn(C4CC4)c3c2F)C1. The molecule has 1 atom stereocenters.